The summed E-state index contributed by atoms with van der Waals surface area (Å²) < 4.78 is 7.88. The van der Waals surface area contributed by atoms with Gasteiger partial charge in [0.05, 0.1) is 11.4 Å². The Labute approximate surface area is 163 Å². The van der Waals surface area contributed by atoms with Crippen molar-refractivity contribution < 1.29 is 9.53 Å². The van der Waals surface area contributed by atoms with E-state index in [9.17, 15) is 4.79 Å². The highest BCUT2D eigenvalue weighted by atomic mass is 16.5. The van der Waals surface area contributed by atoms with Gasteiger partial charge in [0.2, 0.25) is 0 Å². The molecule has 0 fully saturated rings. The Morgan fingerprint density at radius 3 is 2.68 bits per heavy atom. The minimum Gasteiger partial charge on any atom is -0.481 e. The first-order valence-electron chi connectivity index (χ1n) is 9.32. The third kappa shape index (κ3) is 3.49. The van der Waals surface area contributed by atoms with Crippen LogP contribution in [0.15, 0.2) is 66.7 Å². The van der Waals surface area contributed by atoms with Gasteiger partial charge in [-0.3, -0.25) is 9.89 Å². The number of nitrogens with zero attached hydrogens (tertiary/aromatic N) is 2. The summed E-state index contributed by atoms with van der Waals surface area (Å²) in [5.41, 5.74) is 3.06. The van der Waals surface area contributed by atoms with E-state index in [4.69, 9.17) is 4.74 Å². The van der Waals surface area contributed by atoms with Crippen LogP contribution in [0.5, 0.6) is 5.75 Å². The summed E-state index contributed by atoms with van der Waals surface area (Å²) in [7, 11) is 0. The third-order valence-corrected chi connectivity index (χ3v) is 4.66. The number of para-hydroxylation sites is 2. The predicted molar refractivity (Wildman–Crippen MR) is 110 cm³/mol. The Morgan fingerprint density at radius 2 is 1.89 bits per heavy atom. The van der Waals surface area contributed by atoms with Gasteiger partial charge in [-0.15, -0.1) is 0 Å². The molecule has 0 spiro atoms. The van der Waals surface area contributed by atoms with Crippen LogP contribution in [0.1, 0.15) is 13.8 Å². The number of amides is 1. The van der Waals surface area contributed by atoms with Crippen molar-refractivity contribution in [3.8, 4) is 17.1 Å². The summed E-state index contributed by atoms with van der Waals surface area (Å²) >= 11 is 0. The second-order valence-corrected chi connectivity index (χ2v) is 6.56. The van der Waals surface area contributed by atoms with Crippen molar-refractivity contribution in [2.45, 2.75) is 26.5 Å². The number of aromatic nitrogens is 3. The van der Waals surface area contributed by atoms with Gasteiger partial charge in [-0.2, -0.15) is 5.10 Å². The molecule has 6 heteroatoms. The Balaban J connectivity index is 1.51. The average molecular weight is 374 g/mol. The topological polar surface area (TPSA) is 71.9 Å². The zero-order chi connectivity index (χ0) is 19.5. The van der Waals surface area contributed by atoms with E-state index >= 15 is 0 Å². The van der Waals surface area contributed by atoms with E-state index in [1.54, 1.807) is 6.92 Å². The molecule has 0 aliphatic carbocycles. The number of carbonyl (C=O) groups excluding carboxylic acids is 1. The van der Waals surface area contributed by atoms with Crippen molar-refractivity contribution in [3.05, 3.63) is 66.7 Å². The lowest BCUT2D eigenvalue weighted by molar-refractivity contribution is -0.122. The van der Waals surface area contributed by atoms with Crippen LogP contribution in [-0.4, -0.2) is 26.8 Å². The lowest BCUT2D eigenvalue weighted by atomic mass is 10.2. The number of benzene rings is 2. The summed E-state index contributed by atoms with van der Waals surface area (Å²) in [6.45, 7) is 4.66. The van der Waals surface area contributed by atoms with Gasteiger partial charge in [0.25, 0.3) is 5.91 Å². The first kappa shape index (κ1) is 17.9. The number of fused-ring (bicyclic) bond motifs is 1. The van der Waals surface area contributed by atoms with Crippen molar-refractivity contribution in [1.82, 2.24) is 14.8 Å². The number of aromatic amines is 1. The number of nitrogens with one attached hydrogen (secondary N) is 2. The molecule has 0 bridgehead atoms. The van der Waals surface area contributed by atoms with Crippen LogP contribution in [0, 0.1) is 0 Å². The Hall–Kier alpha value is -3.54. The lowest BCUT2D eigenvalue weighted by Crippen LogP contribution is -2.30. The van der Waals surface area contributed by atoms with Crippen LogP contribution in [-0.2, 0) is 11.3 Å². The highest BCUT2D eigenvalue weighted by Crippen LogP contribution is 2.28. The summed E-state index contributed by atoms with van der Waals surface area (Å²) in [6.07, 6.45) is -0.635. The highest BCUT2D eigenvalue weighted by molar-refractivity contribution is 5.94. The molecule has 4 rings (SSSR count). The zero-order valence-electron chi connectivity index (χ0n) is 15.8. The van der Waals surface area contributed by atoms with Crippen molar-refractivity contribution >= 4 is 22.6 Å². The largest absolute Gasteiger partial charge is 0.481 e. The van der Waals surface area contributed by atoms with Crippen molar-refractivity contribution in [2.75, 3.05) is 5.32 Å². The van der Waals surface area contributed by atoms with Gasteiger partial charge >= 0.3 is 0 Å². The Kier molecular flexibility index (Phi) is 4.85. The Bertz CT molecular complexity index is 1100. The minimum absolute atomic E-state index is 0.252. The van der Waals surface area contributed by atoms with Gasteiger partial charge in [-0.1, -0.05) is 36.4 Å². The highest BCUT2D eigenvalue weighted by Gasteiger charge is 2.17. The molecule has 2 N–H and O–H groups in total. The van der Waals surface area contributed by atoms with Gasteiger partial charge < -0.3 is 14.6 Å². The fourth-order valence-electron chi connectivity index (χ4n) is 3.28. The van der Waals surface area contributed by atoms with Crippen molar-refractivity contribution in [3.63, 3.8) is 0 Å². The maximum absolute atomic E-state index is 12.4. The smallest absolute Gasteiger partial charge is 0.266 e. The van der Waals surface area contributed by atoms with Crippen LogP contribution in [0.25, 0.3) is 22.3 Å². The van der Waals surface area contributed by atoms with Crippen LogP contribution in [0.2, 0.25) is 0 Å². The number of H-pyrrole nitrogens is 1. The molecule has 0 saturated heterocycles. The maximum Gasteiger partial charge on any atom is 0.266 e. The number of hydrogen-bond acceptors (Lipinski definition) is 3. The van der Waals surface area contributed by atoms with Gasteiger partial charge in [0.15, 0.2) is 11.9 Å². The first-order valence-corrected chi connectivity index (χ1v) is 9.32. The quantitative estimate of drug-likeness (QED) is 0.523. The molecule has 1 amide bonds. The summed E-state index contributed by atoms with van der Waals surface area (Å²) in [5, 5.41) is 11.2. The molecule has 0 radical (unpaired) electrons. The molecule has 2 aromatic carbocycles. The number of anilines is 1. The standard InChI is InChI=1S/C22H22N4O2/c1-3-26-19-12-8-7-9-16(19)13-20(26)18-14-21(25-24-18)23-22(27)15(2)28-17-10-5-4-6-11-17/h4-15H,3H2,1-2H3,(H2,23,24,25,27). The molecule has 0 aliphatic heterocycles. The van der Waals surface area contributed by atoms with Crippen LogP contribution in [0.4, 0.5) is 5.82 Å². The molecular formula is C22H22N4O2. The summed E-state index contributed by atoms with van der Waals surface area (Å²) in [4.78, 5) is 12.4. The van der Waals surface area contributed by atoms with E-state index < -0.39 is 6.10 Å². The predicted octanol–water partition coefficient (Wildman–Crippen LogP) is 4.46. The molecule has 1 atom stereocenters. The molecule has 6 nitrogen and oxygen atoms in total. The van der Waals surface area contributed by atoms with Gasteiger partial charge in [-0.25, -0.2) is 0 Å². The first-order chi connectivity index (χ1) is 13.7. The Morgan fingerprint density at radius 1 is 1.14 bits per heavy atom. The molecule has 4 aromatic rings. The van der Waals surface area contributed by atoms with E-state index in [0.717, 1.165) is 17.9 Å². The van der Waals surface area contributed by atoms with Gasteiger partial charge in [0.1, 0.15) is 5.75 Å². The number of rotatable bonds is 6. The average Bonchev–Trinajstić information content (AvgIpc) is 3.32. The monoisotopic (exact) mass is 374 g/mol. The number of ether oxygens (including phenoxy) is 1. The van der Waals surface area contributed by atoms with Crippen LogP contribution in [0.3, 0.4) is 0 Å². The molecule has 2 aromatic heterocycles. The van der Waals surface area contributed by atoms with Crippen LogP contribution >= 0.6 is 0 Å². The fraction of sp³-hybridized carbons (Fsp3) is 0.182. The van der Waals surface area contributed by atoms with E-state index in [-0.39, 0.29) is 5.91 Å². The fourth-order valence-corrected chi connectivity index (χ4v) is 3.28. The molecule has 1 unspecified atom stereocenters. The summed E-state index contributed by atoms with van der Waals surface area (Å²) in [6, 6.07) is 21.5. The molecule has 0 aliphatic rings. The van der Waals surface area contributed by atoms with Crippen molar-refractivity contribution in [1.29, 1.82) is 0 Å². The number of aryl methyl sites for hydroxylation is 1. The SMILES string of the molecule is CCn1c(-c2cc(NC(=O)C(C)Oc3ccccc3)n[nH]2)cc2ccccc21. The normalized spacial score (nSPS) is 12.1. The molecule has 0 saturated carbocycles. The van der Waals surface area contributed by atoms with E-state index in [1.807, 2.05) is 48.5 Å². The second kappa shape index (κ2) is 7.60. The van der Waals surface area contributed by atoms with Crippen LogP contribution < -0.4 is 10.1 Å². The second-order valence-electron chi connectivity index (χ2n) is 6.56. The number of hydrogen-bond donors (Lipinski definition) is 2. The van der Waals surface area contributed by atoms with E-state index in [0.29, 0.717) is 11.6 Å². The van der Waals surface area contributed by atoms with Crippen molar-refractivity contribution in [2.24, 2.45) is 0 Å². The molecular weight excluding hydrogens is 352 g/mol. The van der Waals surface area contributed by atoms with E-state index in [2.05, 4.69) is 45.2 Å². The maximum atomic E-state index is 12.4. The lowest BCUT2D eigenvalue weighted by Gasteiger charge is -2.13. The number of carbonyl (C=O) groups is 1. The van der Waals surface area contributed by atoms with Gasteiger partial charge in [0, 0.05) is 23.5 Å². The zero-order valence-corrected chi connectivity index (χ0v) is 15.8. The minimum atomic E-state index is -0.635. The molecule has 2 heterocycles. The molecule has 142 valence electrons. The van der Waals surface area contributed by atoms with E-state index in [1.165, 1.54) is 10.9 Å². The summed E-state index contributed by atoms with van der Waals surface area (Å²) in [5.74, 6) is 0.870. The third-order valence-electron chi connectivity index (χ3n) is 4.66. The van der Waals surface area contributed by atoms with Gasteiger partial charge in [-0.05, 0) is 38.1 Å². The molecule has 28 heavy (non-hydrogen) atoms.